The molecule has 8 heteroatoms. The van der Waals surface area contributed by atoms with Crippen molar-refractivity contribution in [1.82, 2.24) is 29.7 Å². The summed E-state index contributed by atoms with van der Waals surface area (Å²) in [6.07, 6.45) is 6.91. The molecule has 0 amide bonds. The van der Waals surface area contributed by atoms with Gasteiger partial charge in [0.25, 0.3) is 5.56 Å². The summed E-state index contributed by atoms with van der Waals surface area (Å²) in [5, 5.41) is 11.9. The number of hydrogen-bond acceptors (Lipinski definition) is 5. The second kappa shape index (κ2) is 8.00. The minimum absolute atomic E-state index is 0.0879. The van der Waals surface area contributed by atoms with Crippen molar-refractivity contribution >= 4 is 27.6 Å². The van der Waals surface area contributed by atoms with Crippen LogP contribution in [0.25, 0.3) is 38.6 Å². The highest BCUT2D eigenvalue weighted by molar-refractivity contribution is 5.96. The van der Waals surface area contributed by atoms with E-state index in [0.29, 0.717) is 11.2 Å². The van der Waals surface area contributed by atoms with Crippen LogP contribution in [0.1, 0.15) is 18.7 Å². The number of pyridine rings is 2. The number of imidazole rings is 1. The van der Waals surface area contributed by atoms with Gasteiger partial charge in [-0.05, 0) is 42.1 Å². The second-order valence-corrected chi connectivity index (χ2v) is 8.13. The van der Waals surface area contributed by atoms with Crippen LogP contribution in [0.3, 0.4) is 0 Å². The fourth-order valence-electron chi connectivity index (χ4n) is 4.43. The minimum Gasteiger partial charge on any atom is -0.360 e. The number of nitrogens with one attached hydrogen (secondary N) is 3. The average molecular weight is 448 g/mol. The van der Waals surface area contributed by atoms with Crippen LogP contribution >= 0.6 is 0 Å². The molecule has 0 saturated carbocycles. The van der Waals surface area contributed by atoms with Crippen molar-refractivity contribution in [2.24, 2.45) is 0 Å². The van der Waals surface area contributed by atoms with E-state index in [4.69, 9.17) is 0 Å². The molecule has 4 aromatic heterocycles. The summed E-state index contributed by atoms with van der Waals surface area (Å²) in [5.41, 5.74) is 4.90. The molecule has 0 aliphatic heterocycles. The van der Waals surface area contributed by atoms with Gasteiger partial charge in [-0.1, -0.05) is 36.4 Å². The highest BCUT2D eigenvalue weighted by atomic mass is 16.1. The molecule has 0 unspecified atom stereocenters. The summed E-state index contributed by atoms with van der Waals surface area (Å²) >= 11 is 0. The van der Waals surface area contributed by atoms with Crippen LogP contribution in [0.5, 0.6) is 0 Å². The van der Waals surface area contributed by atoms with Gasteiger partial charge in [0.05, 0.1) is 29.5 Å². The molecule has 0 radical (unpaired) electrons. The van der Waals surface area contributed by atoms with Crippen LogP contribution in [0.2, 0.25) is 0 Å². The molecule has 0 fully saturated rings. The van der Waals surface area contributed by atoms with Gasteiger partial charge < -0.3 is 10.3 Å². The maximum absolute atomic E-state index is 14.1. The van der Waals surface area contributed by atoms with E-state index in [1.165, 1.54) is 0 Å². The molecule has 166 valence electrons. The van der Waals surface area contributed by atoms with E-state index in [2.05, 4.69) is 36.5 Å². The SMILES string of the molecule is C[C@@H](Nc1nccc2[nH]cnc12)c1cc2cccc(-c3cn[nH]c3)c2c(=O)n1-c1ccccc1. The lowest BCUT2D eigenvalue weighted by molar-refractivity contribution is 0.774. The number of H-pyrrole nitrogens is 2. The lowest BCUT2D eigenvalue weighted by atomic mass is 10.00. The molecular weight excluding hydrogens is 426 g/mol. The molecule has 6 rings (SSSR count). The Balaban J connectivity index is 1.58. The molecular formula is C26H21N7O. The molecule has 0 aliphatic carbocycles. The minimum atomic E-state index is -0.232. The number of para-hydroxylation sites is 1. The second-order valence-electron chi connectivity index (χ2n) is 8.13. The fourth-order valence-corrected chi connectivity index (χ4v) is 4.43. The first-order valence-corrected chi connectivity index (χ1v) is 11.0. The molecule has 0 bridgehead atoms. The van der Waals surface area contributed by atoms with E-state index in [1.54, 1.807) is 29.5 Å². The van der Waals surface area contributed by atoms with Gasteiger partial charge in [-0.2, -0.15) is 5.10 Å². The normalized spacial score (nSPS) is 12.3. The summed E-state index contributed by atoms with van der Waals surface area (Å²) in [6, 6.07) is 19.3. The quantitative estimate of drug-likeness (QED) is 0.351. The predicted octanol–water partition coefficient (Wildman–Crippen LogP) is 4.83. The Hall–Kier alpha value is -4.72. The van der Waals surface area contributed by atoms with Crippen LogP contribution in [0.4, 0.5) is 5.82 Å². The Kier molecular flexibility index (Phi) is 4.69. The Bertz CT molecular complexity index is 1670. The summed E-state index contributed by atoms with van der Waals surface area (Å²) in [4.78, 5) is 26.1. The molecule has 34 heavy (non-hydrogen) atoms. The smallest absolute Gasteiger partial charge is 0.263 e. The van der Waals surface area contributed by atoms with Gasteiger partial charge in [0.2, 0.25) is 0 Å². The van der Waals surface area contributed by atoms with Crippen LogP contribution in [-0.2, 0) is 0 Å². The molecule has 1 atom stereocenters. The van der Waals surface area contributed by atoms with Crippen LogP contribution in [0, 0.1) is 0 Å². The Morgan fingerprint density at radius 2 is 1.91 bits per heavy atom. The van der Waals surface area contributed by atoms with Crippen LogP contribution < -0.4 is 10.9 Å². The third-order valence-corrected chi connectivity index (χ3v) is 6.03. The third kappa shape index (κ3) is 3.24. The number of hydrogen-bond donors (Lipinski definition) is 3. The standard InChI is InChI=1S/C26H21N7O/c1-16(32-25-24-21(10-11-27-25)28-15-29-24)22-12-17-6-5-9-20(18-13-30-31-14-18)23(17)26(34)33(22)19-7-3-2-4-8-19/h2-16H,1H3,(H,27,32)(H,28,29)(H,30,31)/t16-/m1/s1. The van der Waals surface area contributed by atoms with E-state index >= 15 is 0 Å². The van der Waals surface area contributed by atoms with Crippen LogP contribution in [-0.4, -0.2) is 29.7 Å². The largest absolute Gasteiger partial charge is 0.360 e. The molecule has 0 saturated heterocycles. The topological polar surface area (TPSA) is 104 Å². The van der Waals surface area contributed by atoms with E-state index in [1.807, 2.05) is 61.5 Å². The molecule has 4 heterocycles. The summed E-state index contributed by atoms with van der Waals surface area (Å²) in [5.74, 6) is 0.658. The summed E-state index contributed by atoms with van der Waals surface area (Å²) < 4.78 is 1.77. The monoisotopic (exact) mass is 447 g/mol. The Labute approximate surface area is 194 Å². The van der Waals surface area contributed by atoms with E-state index < -0.39 is 0 Å². The highest BCUT2D eigenvalue weighted by Gasteiger charge is 2.20. The average Bonchev–Trinajstić information content (AvgIpc) is 3.57. The summed E-state index contributed by atoms with van der Waals surface area (Å²) in [6.45, 7) is 2.02. The number of benzene rings is 2. The van der Waals surface area contributed by atoms with Gasteiger partial charge >= 0.3 is 0 Å². The zero-order valence-corrected chi connectivity index (χ0v) is 18.4. The first kappa shape index (κ1) is 19.9. The van der Waals surface area contributed by atoms with Gasteiger partial charge in [-0.3, -0.25) is 14.5 Å². The first-order chi connectivity index (χ1) is 16.7. The first-order valence-electron chi connectivity index (χ1n) is 11.0. The molecule has 6 aromatic rings. The number of anilines is 1. The molecule has 0 aliphatic rings. The van der Waals surface area contributed by atoms with Gasteiger partial charge in [0.1, 0.15) is 5.52 Å². The van der Waals surface area contributed by atoms with E-state index in [9.17, 15) is 4.79 Å². The van der Waals surface area contributed by atoms with Crippen molar-refractivity contribution in [3.63, 3.8) is 0 Å². The number of aromatic amines is 2. The van der Waals surface area contributed by atoms with Gasteiger partial charge in [-0.15, -0.1) is 0 Å². The molecule has 0 spiro atoms. The Morgan fingerprint density at radius 1 is 1.03 bits per heavy atom. The fraction of sp³-hybridized carbons (Fsp3) is 0.0769. The lowest BCUT2D eigenvalue weighted by Gasteiger charge is -2.22. The molecule has 2 aromatic carbocycles. The maximum atomic E-state index is 14.1. The van der Waals surface area contributed by atoms with Gasteiger partial charge in [0, 0.05) is 29.3 Å². The maximum Gasteiger partial charge on any atom is 0.263 e. The van der Waals surface area contributed by atoms with Crippen molar-refractivity contribution in [2.75, 3.05) is 5.32 Å². The lowest BCUT2D eigenvalue weighted by Crippen LogP contribution is -2.26. The summed E-state index contributed by atoms with van der Waals surface area (Å²) in [7, 11) is 0. The number of rotatable bonds is 5. The van der Waals surface area contributed by atoms with Crippen molar-refractivity contribution in [1.29, 1.82) is 0 Å². The molecule has 8 nitrogen and oxygen atoms in total. The third-order valence-electron chi connectivity index (χ3n) is 6.03. The van der Waals surface area contributed by atoms with E-state index in [-0.39, 0.29) is 11.6 Å². The number of nitrogens with zero attached hydrogens (tertiary/aromatic N) is 4. The van der Waals surface area contributed by atoms with Crippen molar-refractivity contribution in [3.8, 4) is 16.8 Å². The Morgan fingerprint density at radius 3 is 2.74 bits per heavy atom. The van der Waals surface area contributed by atoms with Gasteiger partial charge in [-0.25, -0.2) is 9.97 Å². The number of aromatic nitrogens is 6. The zero-order valence-electron chi connectivity index (χ0n) is 18.4. The highest BCUT2D eigenvalue weighted by Crippen LogP contribution is 2.30. The van der Waals surface area contributed by atoms with Crippen molar-refractivity contribution in [3.05, 3.63) is 102 Å². The number of fused-ring (bicyclic) bond motifs is 2. The van der Waals surface area contributed by atoms with Crippen LogP contribution in [0.15, 0.2) is 90.4 Å². The van der Waals surface area contributed by atoms with E-state index in [0.717, 1.165) is 38.9 Å². The van der Waals surface area contributed by atoms with Crippen molar-refractivity contribution in [2.45, 2.75) is 13.0 Å². The van der Waals surface area contributed by atoms with Crippen molar-refractivity contribution < 1.29 is 0 Å². The predicted molar refractivity (Wildman–Crippen MR) is 133 cm³/mol. The van der Waals surface area contributed by atoms with Gasteiger partial charge in [0.15, 0.2) is 5.82 Å². The zero-order chi connectivity index (χ0) is 23.1. The molecule has 3 N–H and O–H groups in total.